The molecular formula is C18H26N4O4S. The molecule has 0 bridgehead atoms. The zero-order valence-electron chi connectivity index (χ0n) is 15.5. The van der Waals surface area contributed by atoms with Gasteiger partial charge in [0.1, 0.15) is 0 Å². The third kappa shape index (κ3) is 4.48. The summed E-state index contributed by atoms with van der Waals surface area (Å²) in [6.45, 7) is 4.19. The van der Waals surface area contributed by atoms with Crippen molar-refractivity contribution < 1.29 is 18.0 Å². The van der Waals surface area contributed by atoms with E-state index in [1.54, 1.807) is 19.1 Å². The van der Waals surface area contributed by atoms with E-state index >= 15 is 0 Å². The molecule has 1 atom stereocenters. The molecule has 2 fully saturated rings. The van der Waals surface area contributed by atoms with Gasteiger partial charge in [0.2, 0.25) is 21.8 Å². The SMILES string of the molecule is CCC(=O)Nc1ccc(S(=O)(=O)N2CCCC(N3CCNCC3=O)C2)cc1. The summed E-state index contributed by atoms with van der Waals surface area (Å²) < 4.78 is 27.5. The molecule has 1 aromatic rings. The summed E-state index contributed by atoms with van der Waals surface area (Å²) in [7, 11) is -3.63. The third-order valence-electron chi connectivity index (χ3n) is 5.02. The van der Waals surface area contributed by atoms with Crippen molar-refractivity contribution in [2.75, 3.05) is 38.0 Å². The molecule has 1 aromatic carbocycles. The number of amides is 2. The lowest BCUT2D eigenvalue weighted by Crippen LogP contribution is -2.57. The molecule has 0 spiro atoms. The van der Waals surface area contributed by atoms with Crippen molar-refractivity contribution in [2.24, 2.45) is 0 Å². The van der Waals surface area contributed by atoms with Crippen LogP contribution in [0.2, 0.25) is 0 Å². The molecule has 2 amide bonds. The molecular weight excluding hydrogens is 368 g/mol. The summed E-state index contributed by atoms with van der Waals surface area (Å²) in [5.74, 6) is -0.0910. The number of nitrogens with zero attached hydrogens (tertiary/aromatic N) is 2. The van der Waals surface area contributed by atoms with E-state index in [1.165, 1.54) is 16.4 Å². The monoisotopic (exact) mass is 394 g/mol. The first kappa shape index (κ1) is 19.8. The minimum absolute atomic E-state index is 0.0292. The lowest BCUT2D eigenvalue weighted by Gasteiger charge is -2.40. The first-order valence-corrected chi connectivity index (χ1v) is 10.8. The van der Waals surface area contributed by atoms with Crippen molar-refractivity contribution in [1.29, 1.82) is 0 Å². The Bertz CT molecular complexity index is 794. The van der Waals surface area contributed by atoms with Gasteiger partial charge in [-0.1, -0.05) is 6.92 Å². The van der Waals surface area contributed by atoms with Gasteiger partial charge in [0.05, 0.1) is 11.4 Å². The van der Waals surface area contributed by atoms with Crippen molar-refractivity contribution in [3.8, 4) is 0 Å². The molecule has 0 aromatic heterocycles. The van der Waals surface area contributed by atoms with Crippen LogP contribution in [0.4, 0.5) is 5.69 Å². The summed E-state index contributed by atoms with van der Waals surface area (Å²) in [4.78, 5) is 25.6. The van der Waals surface area contributed by atoms with E-state index < -0.39 is 10.0 Å². The fourth-order valence-electron chi connectivity index (χ4n) is 3.51. The normalized spacial score (nSPS) is 21.9. The highest BCUT2D eigenvalue weighted by atomic mass is 32.2. The van der Waals surface area contributed by atoms with Crippen LogP contribution in [0.25, 0.3) is 0 Å². The minimum atomic E-state index is -3.63. The fraction of sp³-hybridized carbons (Fsp3) is 0.556. The van der Waals surface area contributed by atoms with Gasteiger partial charge < -0.3 is 15.5 Å². The lowest BCUT2D eigenvalue weighted by atomic mass is 10.1. The summed E-state index contributed by atoms with van der Waals surface area (Å²) in [5, 5.41) is 5.75. The summed E-state index contributed by atoms with van der Waals surface area (Å²) in [5.41, 5.74) is 0.573. The van der Waals surface area contributed by atoms with Crippen LogP contribution in [-0.2, 0) is 19.6 Å². The molecule has 2 saturated heterocycles. The number of piperidine rings is 1. The average molecular weight is 394 g/mol. The third-order valence-corrected chi connectivity index (χ3v) is 6.90. The van der Waals surface area contributed by atoms with Gasteiger partial charge in [-0.2, -0.15) is 4.31 Å². The highest BCUT2D eigenvalue weighted by Gasteiger charge is 2.35. The van der Waals surface area contributed by atoms with Crippen LogP contribution in [0.1, 0.15) is 26.2 Å². The fourth-order valence-corrected chi connectivity index (χ4v) is 5.03. The molecule has 27 heavy (non-hydrogen) atoms. The first-order valence-electron chi connectivity index (χ1n) is 9.32. The quantitative estimate of drug-likeness (QED) is 0.763. The molecule has 0 saturated carbocycles. The van der Waals surface area contributed by atoms with E-state index in [0.717, 1.165) is 19.4 Å². The maximum Gasteiger partial charge on any atom is 0.243 e. The van der Waals surface area contributed by atoms with E-state index in [0.29, 0.717) is 38.3 Å². The van der Waals surface area contributed by atoms with E-state index in [-0.39, 0.29) is 22.8 Å². The molecule has 148 valence electrons. The van der Waals surface area contributed by atoms with Gasteiger partial charge in [-0.25, -0.2) is 8.42 Å². The predicted octanol–water partition coefficient (Wildman–Crippen LogP) is 0.620. The van der Waals surface area contributed by atoms with Gasteiger partial charge in [0.25, 0.3) is 0 Å². The van der Waals surface area contributed by atoms with Crippen LogP contribution in [0, 0.1) is 0 Å². The number of sulfonamides is 1. The molecule has 2 aliphatic rings. The molecule has 1 unspecified atom stereocenters. The number of piperazine rings is 1. The highest BCUT2D eigenvalue weighted by Crippen LogP contribution is 2.24. The standard InChI is InChI=1S/C18H26N4O4S/c1-2-17(23)20-14-5-7-16(8-6-14)27(25,26)21-10-3-4-15(13-21)22-11-9-19-12-18(22)24/h5-8,15,19H,2-4,9-13H2,1H3,(H,20,23). The lowest BCUT2D eigenvalue weighted by molar-refractivity contribution is -0.135. The smallest absolute Gasteiger partial charge is 0.243 e. The molecule has 8 nitrogen and oxygen atoms in total. The van der Waals surface area contributed by atoms with Gasteiger partial charge in [-0.15, -0.1) is 0 Å². The second kappa shape index (κ2) is 8.37. The second-order valence-electron chi connectivity index (χ2n) is 6.85. The van der Waals surface area contributed by atoms with Crippen LogP contribution < -0.4 is 10.6 Å². The highest BCUT2D eigenvalue weighted by molar-refractivity contribution is 7.89. The van der Waals surface area contributed by atoms with Crippen LogP contribution in [0.5, 0.6) is 0 Å². The summed E-state index contributed by atoms with van der Waals surface area (Å²) in [6.07, 6.45) is 1.91. The van der Waals surface area contributed by atoms with Crippen molar-refractivity contribution in [3.63, 3.8) is 0 Å². The predicted molar refractivity (Wildman–Crippen MR) is 102 cm³/mol. The average Bonchev–Trinajstić information content (AvgIpc) is 2.69. The Kier molecular flexibility index (Phi) is 6.13. The van der Waals surface area contributed by atoms with Crippen molar-refractivity contribution >= 4 is 27.5 Å². The Morgan fingerprint density at radius 2 is 2.00 bits per heavy atom. The van der Waals surface area contributed by atoms with Crippen LogP contribution in [-0.4, -0.2) is 68.2 Å². The molecule has 0 aliphatic carbocycles. The largest absolute Gasteiger partial charge is 0.336 e. The van der Waals surface area contributed by atoms with Crippen LogP contribution >= 0.6 is 0 Å². The van der Waals surface area contributed by atoms with Gasteiger partial charge in [-0.3, -0.25) is 9.59 Å². The van der Waals surface area contributed by atoms with Crippen molar-refractivity contribution in [2.45, 2.75) is 37.1 Å². The first-order chi connectivity index (χ1) is 12.9. The van der Waals surface area contributed by atoms with E-state index in [9.17, 15) is 18.0 Å². The van der Waals surface area contributed by atoms with Crippen molar-refractivity contribution in [1.82, 2.24) is 14.5 Å². The Balaban J connectivity index is 1.72. The van der Waals surface area contributed by atoms with E-state index in [2.05, 4.69) is 10.6 Å². The Labute approximate surface area is 160 Å². The number of nitrogens with one attached hydrogen (secondary N) is 2. The molecule has 3 rings (SSSR count). The Morgan fingerprint density at radius 1 is 1.26 bits per heavy atom. The molecule has 2 N–H and O–H groups in total. The van der Waals surface area contributed by atoms with Crippen LogP contribution in [0.3, 0.4) is 0 Å². The molecule has 2 heterocycles. The van der Waals surface area contributed by atoms with Gasteiger partial charge in [0.15, 0.2) is 0 Å². The van der Waals surface area contributed by atoms with Crippen LogP contribution in [0.15, 0.2) is 29.2 Å². The van der Waals surface area contributed by atoms with Gasteiger partial charge >= 0.3 is 0 Å². The number of carbonyl (C=O) groups excluding carboxylic acids is 2. The summed E-state index contributed by atoms with van der Waals surface area (Å²) in [6, 6.07) is 6.15. The molecule has 9 heteroatoms. The van der Waals surface area contributed by atoms with E-state index in [4.69, 9.17) is 0 Å². The number of anilines is 1. The number of hydrogen-bond acceptors (Lipinski definition) is 5. The Hall–Kier alpha value is -1.97. The minimum Gasteiger partial charge on any atom is -0.336 e. The number of rotatable bonds is 5. The van der Waals surface area contributed by atoms with Crippen molar-refractivity contribution in [3.05, 3.63) is 24.3 Å². The number of carbonyl (C=O) groups is 2. The number of hydrogen-bond donors (Lipinski definition) is 2. The summed E-state index contributed by atoms with van der Waals surface area (Å²) >= 11 is 0. The maximum absolute atomic E-state index is 13.0. The second-order valence-corrected chi connectivity index (χ2v) is 8.79. The number of benzene rings is 1. The van der Waals surface area contributed by atoms with E-state index in [1.807, 2.05) is 4.90 Å². The van der Waals surface area contributed by atoms with Gasteiger partial charge in [-0.05, 0) is 37.1 Å². The Morgan fingerprint density at radius 3 is 2.67 bits per heavy atom. The zero-order chi connectivity index (χ0) is 19.4. The van der Waals surface area contributed by atoms with Gasteiger partial charge in [0, 0.05) is 44.3 Å². The molecule has 2 aliphatic heterocycles. The maximum atomic E-state index is 13.0. The molecule has 0 radical (unpaired) electrons. The topological polar surface area (TPSA) is 98.8 Å². The zero-order valence-corrected chi connectivity index (χ0v) is 16.3.